The SMILES string of the molecule is CC1(C)c2cc(N(c3ccccc3)c3ccccc3)ccc2-c2ccc(-n3c4ccccc4c4c(-c5ccc6c(c5)CC(c5ccccc5)c5ccccc5-6)cccc43)cc21. The summed E-state index contributed by atoms with van der Waals surface area (Å²) in [5.41, 5.74) is 21.6. The zero-order valence-electron chi connectivity index (χ0n) is 34.4. The number of benzene rings is 9. The highest BCUT2D eigenvalue weighted by molar-refractivity contribution is 6.16. The molecule has 1 atom stereocenters. The lowest BCUT2D eigenvalue weighted by Gasteiger charge is -2.29. The second-order valence-electron chi connectivity index (χ2n) is 17.3. The molecule has 9 aromatic carbocycles. The van der Waals surface area contributed by atoms with Gasteiger partial charge in [0.2, 0.25) is 0 Å². The Hall–Kier alpha value is -7.42. The molecule has 0 aliphatic heterocycles. The molecule has 0 spiro atoms. The van der Waals surface area contributed by atoms with Gasteiger partial charge in [-0.25, -0.2) is 0 Å². The van der Waals surface area contributed by atoms with Crippen LogP contribution < -0.4 is 4.90 Å². The Morgan fingerprint density at radius 3 is 1.84 bits per heavy atom. The molecule has 0 amide bonds. The summed E-state index contributed by atoms with van der Waals surface area (Å²) in [6, 6.07) is 78.6. The van der Waals surface area contributed by atoms with Crippen LogP contribution in [0.1, 0.15) is 47.6 Å². The van der Waals surface area contributed by atoms with E-state index in [9.17, 15) is 0 Å². The van der Waals surface area contributed by atoms with Crippen LogP contribution in [-0.2, 0) is 11.8 Å². The smallest absolute Gasteiger partial charge is 0.0547 e. The molecule has 0 N–H and O–H groups in total. The lowest BCUT2D eigenvalue weighted by Crippen LogP contribution is -2.17. The molecule has 290 valence electrons. The maximum absolute atomic E-state index is 2.49. The van der Waals surface area contributed by atoms with E-state index in [2.05, 4.69) is 236 Å². The molecule has 1 unspecified atom stereocenters. The molecule has 2 nitrogen and oxygen atoms in total. The van der Waals surface area contributed by atoms with E-state index >= 15 is 0 Å². The average Bonchev–Trinajstić information content (AvgIpc) is 3.77. The lowest BCUT2D eigenvalue weighted by atomic mass is 9.75. The molecule has 12 rings (SSSR count). The van der Waals surface area contributed by atoms with Gasteiger partial charge in [0.1, 0.15) is 0 Å². The second-order valence-corrected chi connectivity index (χ2v) is 17.3. The Morgan fingerprint density at radius 2 is 1.07 bits per heavy atom. The minimum absolute atomic E-state index is 0.209. The highest BCUT2D eigenvalue weighted by Crippen LogP contribution is 2.52. The van der Waals surface area contributed by atoms with Crippen molar-refractivity contribution in [2.75, 3.05) is 4.90 Å². The van der Waals surface area contributed by atoms with Crippen LogP contribution in [0.3, 0.4) is 0 Å². The number of aromatic nitrogens is 1. The fourth-order valence-electron chi connectivity index (χ4n) is 10.7. The van der Waals surface area contributed by atoms with E-state index in [1.807, 2.05) is 0 Å². The third-order valence-corrected chi connectivity index (χ3v) is 13.6. The monoisotopic (exact) mass is 780 g/mol. The van der Waals surface area contributed by atoms with Gasteiger partial charge >= 0.3 is 0 Å². The largest absolute Gasteiger partial charge is 0.310 e. The van der Waals surface area contributed by atoms with Crippen molar-refractivity contribution in [3.05, 3.63) is 240 Å². The number of anilines is 3. The Kier molecular flexibility index (Phi) is 8.05. The van der Waals surface area contributed by atoms with Gasteiger partial charge in [0.15, 0.2) is 0 Å². The molecule has 2 aliphatic carbocycles. The molecule has 2 aliphatic rings. The normalized spacial score (nSPS) is 14.6. The van der Waals surface area contributed by atoms with Gasteiger partial charge in [-0.3, -0.25) is 0 Å². The highest BCUT2D eigenvalue weighted by Gasteiger charge is 2.37. The fourth-order valence-corrected chi connectivity index (χ4v) is 10.7. The van der Waals surface area contributed by atoms with Crippen molar-refractivity contribution in [3.63, 3.8) is 0 Å². The summed E-state index contributed by atoms with van der Waals surface area (Å²) in [5.74, 6) is 0.325. The van der Waals surface area contributed by atoms with Crippen molar-refractivity contribution in [2.24, 2.45) is 0 Å². The zero-order valence-corrected chi connectivity index (χ0v) is 34.4. The number of fused-ring (bicyclic) bond motifs is 9. The quantitative estimate of drug-likeness (QED) is 0.163. The van der Waals surface area contributed by atoms with Crippen LogP contribution in [0.2, 0.25) is 0 Å². The van der Waals surface area contributed by atoms with Crippen molar-refractivity contribution in [1.82, 2.24) is 4.57 Å². The van der Waals surface area contributed by atoms with Gasteiger partial charge in [0.05, 0.1) is 11.0 Å². The van der Waals surface area contributed by atoms with Crippen molar-refractivity contribution in [2.45, 2.75) is 31.6 Å². The maximum atomic E-state index is 2.49. The summed E-state index contributed by atoms with van der Waals surface area (Å²) in [4.78, 5) is 2.36. The van der Waals surface area contributed by atoms with Crippen LogP contribution >= 0.6 is 0 Å². The van der Waals surface area contributed by atoms with Crippen molar-refractivity contribution < 1.29 is 0 Å². The lowest BCUT2D eigenvalue weighted by molar-refractivity contribution is 0.660. The van der Waals surface area contributed by atoms with Gasteiger partial charge in [-0.1, -0.05) is 166 Å². The van der Waals surface area contributed by atoms with E-state index in [0.29, 0.717) is 5.92 Å². The average molecular weight is 781 g/mol. The molecule has 1 heterocycles. The van der Waals surface area contributed by atoms with Gasteiger partial charge in [0, 0.05) is 44.9 Å². The number of hydrogen-bond acceptors (Lipinski definition) is 1. The molecule has 2 heteroatoms. The van der Waals surface area contributed by atoms with Gasteiger partial charge in [0.25, 0.3) is 0 Å². The first-order valence-electron chi connectivity index (χ1n) is 21.5. The molecule has 0 saturated heterocycles. The van der Waals surface area contributed by atoms with Crippen LogP contribution in [0.15, 0.2) is 212 Å². The summed E-state index contributed by atoms with van der Waals surface area (Å²) < 4.78 is 2.49. The minimum Gasteiger partial charge on any atom is -0.310 e. The van der Waals surface area contributed by atoms with E-state index in [-0.39, 0.29) is 5.41 Å². The number of rotatable bonds is 6. The fraction of sp³-hybridized carbons (Fsp3) is 0.0847. The molecule has 0 fully saturated rings. The molecule has 0 bridgehead atoms. The predicted octanol–water partition coefficient (Wildman–Crippen LogP) is 15.6. The third-order valence-electron chi connectivity index (χ3n) is 13.6. The Morgan fingerprint density at radius 1 is 0.459 bits per heavy atom. The Balaban J connectivity index is 0.970. The van der Waals surface area contributed by atoms with Crippen LogP contribution in [0.25, 0.3) is 60.9 Å². The summed E-state index contributed by atoms with van der Waals surface area (Å²) >= 11 is 0. The number of para-hydroxylation sites is 3. The van der Waals surface area contributed by atoms with Gasteiger partial charge < -0.3 is 9.47 Å². The van der Waals surface area contributed by atoms with Crippen LogP contribution in [0, 0.1) is 0 Å². The standard InChI is InChI=1S/C59H44N2/c1-59(2)54-37-44(60(42-19-8-4-9-20-42)43-21-10-5-11-22-43)30-33-50(54)51-34-31-45(38-55(51)59)61-56-27-15-14-25-52(56)58-47(26-16-28-57(58)61)40-29-32-46-41(35-40)36-53(39-17-6-3-7-18-39)49-24-13-12-23-48(46)49/h3-35,37-38,53H,36H2,1-2H3. The van der Waals surface area contributed by atoms with Crippen molar-refractivity contribution in [3.8, 4) is 39.1 Å². The summed E-state index contributed by atoms with van der Waals surface area (Å²) in [5, 5.41) is 2.57. The molecule has 61 heavy (non-hydrogen) atoms. The van der Waals surface area contributed by atoms with Gasteiger partial charge in [-0.15, -0.1) is 0 Å². The summed E-state index contributed by atoms with van der Waals surface area (Å²) in [6.07, 6.45) is 0.979. The molecule has 0 saturated carbocycles. The van der Waals surface area contributed by atoms with Crippen molar-refractivity contribution in [1.29, 1.82) is 0 Å². The summed E-state index contributed by atoms with van der Waals surface area (Å²) in [7, 11) is 0. The minimum atomic E-state index is -0.209. The third kappa shape index (κ3) is 5.56. The van der Waals surface area contributed by atoms with Crippen molar-refractivity contribution >= 4 is 38.9 Å². The molecule has 1 aromatic heterocycles. The first kappa shape index (κ1) is 35.5. The predicted molar refractivity (Wildman–Crippen MR) is 256 cm³/mol. The molecule has 0 radical (unpaired) electrons. The summed E-state index contributed by atoms with van der Waals surface area (Å²) in [6.45, 7) is 4.78. The van der Waals surface area contributed by atoms with E-state index in [1.54, 1.807) is 0 Å². The van der Waals surface area contributed by atoms with Gasteiger partial charge in [-0.2, -0.15) is 0 Å². The van der Waals surface area contributed by atoms with Crippen LogP contribution in [0.5, 0.6) is 0 Å². The maximum Gasteiger partial charge on any atom is 0.0547 e. The number of hydrogen-bond donors (Lipinski definition) is 0. The Bertz CT molecular complexity index is 3260. The van der Waals surface area contributed by atoms with E-state index in [0.717, 1.165) is 23.5 Å². The van der Waals surface area contributed by atoms with Crippen LogP contribution in [-0.4, -0.2) is 4.57 Å². The van der Waals surface area contributed by atoms with E-state index < -0.39 is 0 Å². The first-order chi connectivity index (χ1) is 30.0. The van der Waals surface area contributed by atoms with Crippen LogP contribution in [0.4, 0.5) is 17.1 Å². The van der Waals surface area contributed by atoms with Gasteiger partial charge in [-0.05, 0) is 128 Å². The first-order valence-corrected chi connectivity index (χ1v) is 21.5. The zero-order chi connectivity index (χ0) is 40.7. The molecular formula is C59H44N2. The topological polar surface area (TPSA) is 8.17 Å². The molecular weight excluding hydrogens is 737 g/mol. The number of nitrogens with zero attached hydrogens (tertiary/aromatic N) is 2. The van der Waals surface area contributed by atoms with E-state index in [4.69, 9.17) is 0 Å². The highest BCUT2D eigenvalue weighted by atomic mass is 15.1. The van der Waals surface area contributed by atoms with E-state index in [1.165, 1.54) is 88.7 Å². The Labute approximate surface area is 357 Å². The molecule has 10 aromatic rings. The second kappa shape index (κ2) is 13.8.